The van der Waals surface area contributed by atoms with Gasteiger partial charge in [0.25, 0.3) is 11.4 Å². The highest BCUT2D eigenvalue weighted by molar-refractivity contribution is 5.90. The molecule has 7 nitrogen and oxygen atoms in total. The first-order chi connectivity index (χ1) is 11.1. The lowest BCUT2D eigenvalue weighted by molar-refractivity contribution is -0.116. The van der Waals surface area contributed by atoms with E-state index in [-0.39, 0.29) is 18.0 Å². The van der Waals surface area contributed by atoms with Crippen LogP contribution in [0.15, 0.2) is 58.0 Å². The Bertz CT molecular complexity index is 884. The first-order valence-corrected chi connectivity index (χ1v) is 6.98. The molecule has 1 amide bonds. The van der Waals surface area contributed by atoms with Crippen LogP contribution in [0.2, 0.25) is 0 Å². The zero-order chi connectivity index (χ0) is 16.2. The molecule has 0 bridgehead atoms. The summed E-state index contributed by atoms with van der Waals surface area (Å²) in [7, 11) is 0. The average Bonchev–Trinajstić information content (AvgIpc) is 2.97. The number of amides is 1. The van der Waals surface area contributed by atoms with E-state index in [0.29, 0.717) is 23.0 Å². The molecule has 0 saturated carbocycles. The van der Waals surface area contributed by atoms with Gasteiger partial charge >= 0.3 is 0 Å². The summed E-state index contributed by atoms with van der Waals surface area (Å²) in [4.78, 5) is 28.1. The SMILES string of the molecule is Cc1noc(-c2ccc(=O)n(CC(=O)Nc3ccccc3)c2)n1. The van der Waals surface area contributed by atoms with Crippen molar-refractivity contribution in [2.24, 2.45) is 0 Å². The summed E-state index contributed by atoms with van der Waals surface area (Å²) in [5.41, 5.74) is 0.972. The van der Waals surface area contributed by atoms with Crippen LogP contribution in [0.5, 0.6) is 0 Å². The number of aromatic nitrogens is 3. The Kier molecular flexibility index (Phi) is 4.01. The van der Waals surface area contributed by atoms with Gasteiger partial charge in [0, 0.05) is 18.0 Å². The molecule has 0 aliphatic carbocycles. The summed E-state index contributed by atoms with van der Waals surface area (Å²) in [5.74, 6) is 0.511. The van der Waals surface area contributed by atoms with E-state index in [9.17, 15) is 9.59 Å². The topological polar surface area (TPSA) is 90.0 Å². The summed E-state index contributed by atoms with van der Waals surface area (Å²) < 4.78 is 6.37. The van der Waals surface area contributed by atoms with Crippen molar-refractivity contribution >= 4 is 11.6 Å². The summed E-state index contributed by atoms with van der Waals surface area (Å²) in [5, 5.41) is 6.44. The molecule has 23 heavy (non-hydrogen) atoms. The Morgan fingerprint density at radius 3 is 2.70 bits per heavy atom. The normalized spacial score (nSPS) is 10.5. The Hall–Kier alpha value is -3.22. The van der Waals surface area contributed by atoms with E-state index in [4.69, 9.17) is 4.52 Å². The minimum atomic E-state index is -0.294. The lowest BCUT2D eigenvalue weighted by Gasteiger charge is -2.08. The van der Waals surface area contributed by atoms with Crippen molar-refractivity contribution in [2.45, 2.75) is 13.5 Å². The largest absolute Gasteiger partial charge is 0.334 e. The van der Waals surface area contributed by atoms with Gasteiger partial charge in [-0.25, -0.2) is 0 Å². The van der Waals surface area contributed by atoms with Crippen LogP contribution in [0.1, 0.15) is 5.82 Å². The maximum absolute atomic E-state index is 12.1. The van der Waals surface area contributed by atoms with Gasteiger partial charge in [0.15, 0.2) is 5.82 Å². The molecule has 0 fully saturated rings. The Labute approximate surface area is 131 Å². The number of aryl methyl sites for hydroxylation is 1. The lowest BCUT2D eigenvalue weighted by atomic mass is 10.3. The monoisotopic (exact) mass is 310 g/mol. The number of hydrogen-bond donors (Lipinski definition) is 1. The number of nitrogens with one attached hydrogen (secondary N) is 1. The number of hydrogen-bond acceptors (Lipinski definition) is 5. The van der Waals surface area contributed by atoms with Gasteiger partial charge < -0.3 is 14.4 Å². The number of pyridine rings is 1. The van der Waals surface area contributed by atoms with Crippen LogP contribution in [-0.2, 0) is 11.3 Å². The molecule has 1 aromatic carbocycles. The van der Waals surface area contributed by atoms with Crippen LogP contribution in [0, 0.1) is 6.92 Å². The fourth-order valence-corrected chi connectivity index (χ4v) is 2.07. The van der Waals surface area contributed by atoms with Crippen molar-refractivity contribution in [3.8, 4) is 11.5 Å². The highest BCUT2D eigenvalue weighted by Crippen LogP contribution is 2.15. The standard InChI is InChI=1S/C16H14N4O3/c1-11-17-16(23-19-11)12-7-8-15(22)20(9-12)10-14(21)18-13-5-3-2-4-6-13/h2-9H,10H2,1H3,(H,18,21). The number of benzene rings is 1. The van der Waals surface area contributed by atoms with Gasteiger partial charge in [0.1, 0.15) is 6.54 Å². The van der Waals surface area contributed by atoms with E-state index in [0.717, 1.165) is 0 Å². The molecule has 0 spiro atoms. The molecule has 0 aliphatic rings. The second-order valence-corrected chi connectivity index (χ2v) is 4.94. The van der Waals surface area contributed by atoms with Crippen molar-refractivity contribution in [1.82, 2.24) is 14.7 Å². The van der Waals surface area contributed by atoms with E-state index in [2.05, 4.69) is 15.5 Å². The van der Waals surface area contributed by atoms with Gasteiger partial charge in [-0.1, -0.05) is 23.4 Å². The Morgan fingerprint density at radius 1 is 1.22 bits per heavy atom. The van der Waals surface area contributed by atoms with Gasteiger partial charge in [-0.15, -0.1) is 0 Å². The third-order valence-corrected chi connectivity index (χ3v) is 3.13. The van der Waals surface area contributed by atoms with Crippen LogP contribution < -0.4 is 10.9 Å². The molecule has 0 unspecified atom stereocenters. The zero-order valence-electron chi connectivity index (χ0n) is 12.4. The van der Waals surface area contributed by atoms with Crippen LogP contribution in [0.3, 0.4) is 0 Å². The smallest absolute Gasteiger partial charge is 0.259 e. The second-order valence-electron chi connectivity index (χ2n) is 4.94. The number of carbonyl (C=O) groups is 1. The average molecular weight is 310 g/mol. The highest BCUT2D eigenvalue weighted by atomic mass is 16.5. The molecule has 116 valence electrons. The van der Waals surface area contributed by atoms with Crippen LogP contribution in [0.4, 0.5) is 5.69 Å². The summed E-state index contributed by atoms with van der Waals surface area (Å²) in [6.07, 6.45) is 1.53. The molecule has 0 aliphatic heterocycles. The maximum Gasteiger partial charge on any atom is 0.259 e. The highest BCUT2D eigenvalue weighted by Gasteiger charge is 2.10. The predicted molar refractivity (Wildman–Crippen MR) is 83.8 cm³/mol. The third-order valence-electron chi connectivity index (χ3n) is 3.13. The van der Waals surface area contributed by atoms with Gasteiger partial charge in [-0.3, -0.25) is 9.59 Å². The van der Waals surface area contributed by atoms with Gasteiger partial charge in [0.05, 0.1) is 5.56 Å². The van der Waals surface area contributed by atoms with Crippen LogP contribution in [0.25, 0.3) is 11.5 Å². The first-order valence-electron chi connectivity index (χ1n) is 6.98. The minimum Gasteiger partial charge on any atom is -0.334 e. The van der Waals surface area contributed by atoms with E-state index in [1.807, 2.05) is 18.2 Å². The summed E-state index contributed by atoms with van der Waals surface area (Å²) in [6.45, 7) is 1.60. The Balaban J connectivity index is 1.79. The summed E-state index contributed by atoms with van der Waals surface area (Å²) in [6, 6.07) is 12.0. The zero-order valence-corrected chi connectivity index (χ0v) is 12.4. The van der Waals surface area contributed by atoms with Gasteiger partial charge in [-0.2, -0.15) is 4.98 Å². The molecular weight excluding hydrogens is 296 g/mol. The van der Waals surface area contributed by atoms with E-state index in [1.54, 1.807) is 25.1 Å². The molecule has 2 aromatic heterocycles. The number of nitrogens with zero attached hydrogens (tertiary/aromatic N) is 3. The van der Waals surface area contributed by atoms with E-state index < -0.39 is 0 Å². The van der Waals surface area contributed by atoms with Crippen molar-refractivity contribution in [3.05, 3.63) is 64.8 Å². The minimum absolute atomic E-state index is 0.102. The number of rotatable bonds is 4. The van der Waals surface area contributed by atoms with Gasteiger partial charge in [0.2, 0.25) is 5.91 Å². The van der Waals surface area contributed by atoms with Crippen molar-refractivity contribution in [3.63, 3.8) is 0 Å². The van der Waals surface area contributed by atoms with Crippen LogP contribution >= 0.6 is 0 Å². The molecule has 3 aromatic rings. The van der Waals surface area contributed by atoms with Crippen molar-refractivity contribution in [1.29, 1.82) is 0 Å². The first kappa shape index (κ1) is 14.7. The molecule has 2 heterocycles. The fraction of sp³-hybridized carbons (Fsp3) is 0.125. The molecule has 3 rings (SSSR count). The quantitative estimate of drug-likeness (QED) is 0.794. The van der Waals surface area contributed by atoms with Crippen molar-refractivity contribution in [2.75, 3.05) is 5.32 Å². The lowest BCUT2D eigenvalue weighted by Crippen LogP contribution is -2.26. The van der Waals surface area contributed by atoms with Crippen molar-refractivity contribution < 1.29 is 9.32 Å². The van der Waals surface area contributed by atoms with Gasteiger partial charge in [-0.05, 0) is 25.1 Å². The maximum atomic E-state index is 12.1. The molecule has 1 N–H and O–H groups in total. The molecule has 0 radical (unpaired) electrons. The van der Waals surface area contributed by atoms with E-state index in [1.165, 1.54) is 16.8 Å². The molecule has 0 atom stereocenters. The molecule has 7 heteroatoms. The molecular formula is C16H14N4O3. The second kappa shape index (κ2) is 6.27. The number of anilines is 1. The Morgan fingerprint density at radius 2 is 2.00 bits per heavy atom. The number of carbonyl (C=O) groups excluding carboxylic acids is 1. The number of para-hydroxylation sites is 1. The summed E-state index contributed by atoms with van der Waals surface area (Å²) >= 11 is 0. The predicted octanol–water partition coefficient (Wildman–Crippen LogP) is 1.85. The van der Waals surface area contributed by atoms with Crippen LogP contribution in [-0.4, -0.2) is 20.6 Å². The molecule has 0 saturated heterocycles. The third kappa shape index (κ3) is 3.52. The fourth-order valence-electron chi connectivity index (χ4n) is 2.07. The van der Waals surface area contributed by atoms with E-state index >= 15 is 0 Å².